The lowest BCUT2D eigenvalue weighted by atomic mass is 9.98. The third-order valence-corrected chi connectivity index (χ3v) is 5.44. The Bertz CT molecular complexity index is 1670. The van der Waals surface area contributed by atoms with E-state index in [2.05, 4.69) is 16.0 Å². The zero-order valence-corrected chi connectivity index (χ0v) is 17.0. The summed E-state index contributed by atoms with van der Waals surface area (Å²) in [5.74, 6) is 0.529. The molecular weight excluding hydrogens is 404 g/mol. The van der Waals surface area contributed by atoms with E-state index >= 15 is 0 Å². The van der Waals surface area contributed by atoms with Gasteiger partial charge in [-0.25, -0.2) is 9.36 Å². The van der Waals surface area contributed by atoms with Crippen LogP contribution in [0.1, 0.15) is 5.56 Å². The Morgan fingerprint density at radius 3 is 2.66 bits per heavy atom. The quantitative estimate of drug-likeness (QED) is 0.479. The first-order valence-electron chi connectivity index (χ1n) is 9.82. The van der Waals surface area contributed by atoms with Crippen molar-refractivity contribution in [1.29, 1.82) is 5.26 Å². The minimum absolute atomic E-state index is 0.342. The Labute approximate surface area is 181 Å². The van der Waals surface area contributed by atoms with Gasteiger partial charge in [0.2, 0.25) is 0 Å². The molecule has 0 saturated carbocycles. The molecule has 0 spiro atoms. The Kier molecular flexibility index (Phi) is 4.53. The van der Waals surface area contributed by atoms with Crippen LogP contribution in [-0.2, 0) is 0 Å². The van der Waals surface area contributed by atoms with E-state index in [4.69, 9.17) is 4.74 Å². The average molecular weight is 420 g/mol. The molecule has 7 heteroatoms. The number of H-pyrrole nitrogens is 1. The van der Waals surface area contributed by atoms with Crippen LogP contribution in [0.3, 0.4) is 0 Å². The van der Waals surface area contributed by atoms with E-state index in [1.165, 1.54) is 13.3 Å². The fraction of sp³-hybridized carbons (Fsp3) is 0.0400. The molecule has 2 aromatic heterocycles. The molecule has 0 saturated heterocycles. The van der Waals surface area contributed by atoms with Crippen molar-refractivity contribution in [3.05, 3.63) is 99.5 Å². The second-order valence-corrected chi connectivity index (χ2v) is 7.21. The number of fused-ring (bicyclic) bond motifs is 2. The van der Waals surface area contributed by atoms with Gasteiger partial charge in [-0.2, -0.15) is 5.26 Å². The summed E-state index contributed by atoms with van der Waals surface area (Å²) in [6.07, 6.45) is 3.19. The molecule has 0 fully saturated rings. The smallest absolute Gasteiger partial charge is 0.333 e. The van der Waals surface area contributed by atoms with Crippen LogP contribution in [0, 0.1) is 11.3 Å². The predicted molar refractivity (Wildman–Crippen MR) is 122 cm³/mol. The molecule has 0 unspecified atom stereocenters. The molecular formula is C25H16N4O3. The van der Waals surface area contributed by atoms with Gasteiger partial charge in [-0.05, 0) is 29.8 Å². The van der Waals surface area contributed by atoms with Crippen molar-refractivity contribution >= 4 is 21.7 Å². The molecule has 0 amide bonds. The zero-order valence-electron chi connectivity index (χ0n) is 17.0. The molecule has 2 heterocycles. The van der Waals surface area contributed by atoms with Crippen molar-refractivity contribution in [1.82, 2.24) is 14.5 Å². The van der Waals surface area contributed by atoms with Gasteiger partial charge < -0.3 is 9.72 Å². The van der Waals surface area contributed by atoms with Gasteiger partial charge >= 0.3 is 5.69 Å². The monoisotopic (exact) mass is 420 g/mol. The van der Waals surface area contributed by atoms with Gasteiger partial charge in [-0.1, -0.05) is 36.4 Å². The molecule has 0 radical (unpaired) electrons. The van der Waals surface area contributed by atoms with Gasteiger partial charge in [0.1, 0.15) is 5.75 Å². The van der Waals surface area contributed by atoms with E-state index in [1.807, 2.05) is 24.3 Å². The van der Waals surface area contributed by atoms with Crippen molar-refractivity contribution in [3.8, 4) is 28.6 Å². The Balaban J connectivity index is 1.77. The predicted octanol–water partition coefficient (Wildman–Crippen LogP) is 3.77. The molecule has 0 aliphatic heterocycles. The third kappa shape index (κ3) is 2.94. The SMILES string of the molecule is COc1cccc(C#N)c1-c1ccc2c(=O)n(-c3cncc4ccccc34)c(=O)[nH]c2c1. The van der Waals surface area contributed by atoms with Gasteiger partial charge in [0.15, 0.2) is 0 Å². The first-order valence-corrected chi connectivity index (χ1v) is 9.82. The number of aromatic amines is 1. The number of aromatic nitrogens is 3. The first kappa shape index (κ1) is 19.3. The maximum atomic E-state index is 13.3. The number of hydrogen-bond donors (Lipinski definition) is 1. The third-order valence-electron chi connectivity index (χ3n) is 5.44. The topological polar surface area (TPSA) is 101 Å². The molecule has 1 N–H and O–H groups in total. The number of nitrogens with one attached hydrogen (secondary N) is 1. The lowest BCUT2D eigenvalue weighted by Crippen LogP contribution is -2.33. The number of rotatable bonds is 3. The first-order chi connectivity index (χ1) is 15.6. The average Bonchev–Trinajstić information content (AvgIpc) is 2.83. The highest BCUT2D eigenvalue weighted by molar-refractivity contribution is 5.90. The zero-order chi connectivity index (χ0) is 22.2. The highest BCUT2D eigenvalue weighted by Gasteiger charge is 2.16. The Morgan fingerprint density at radius 2 is 1.84 bits per heavy atom. The van der Waals surface area contributed by atoms with Crippen LogP contribution in [0.15, 0.2) is 82.6 Å². The Hall–Kier alpha value is -4.70. The van der Waals surface area contributed by atoms with Gasteiger partial charge in [0, 0.05) is 22.5 Å². The number of ether oxygens (including phenoxy) is 1. The number of benzene rings is 3. The van der Waals surface area contributed by atoms with Crippen LogP contribution in [0.2, 0.25) is 0 Å². The minimum Gasteiger partial charge on any atom is -0.496 e. The van der Waals surface area contributed by atoms with Crippen LogP contribution < -0.4 is 16.0 Å². The van der Waals surface area contributed by atoms with E-state index in [0.717, 1.165) is 15.3 Å². The number of nitrogens with zero attached hydrogens (tertiary/aromatic N) is 3. The molecule has 5 aromatic rings. The summed E-state index contributed by atoms with van der Waals surface area (Å²) in [5.41, 5.74) is 1.45. The van der Waals surface area contributed by atoms with Crippen LogP contribution in [0.25, 0.3) is 38.5 Å². The Morgan fingerprint density at radius 1 is 1.00 bits per heavy atom. The molecule has 7 nitrogen and oxygen atoms in total. The van der Waals surface area contributed by atoms with Gasteiger partial charge in [0.05, 0.1) is 41.5 Å². The highest BCUT2D eigenvalue weighted by atomic mass is 16.5. The summed E-state index contributed by atoms with van der Waals surface area (Å²) in [7, 11) is 1.53. The lowest BCUT2D eigenvalue weighted by Gasteiger charge is -2.12. The largest absolute Gasteiger partial charge is 0.496 e. The molecule has 0 bridgehead atoms. The highest BCUT2D eigenvalue weighted by Crippen LogP contribution is 2.34. The van der Waals surface area contributed by atoms with Crippen molar-refractivity contribution in [2.45, 2.75) is 0 Å². The van der Waals surface area contributed by atoms with E-state index in [-0.39, 0.29) is 0 Å². The van der Waals surface area contributed by atoms with Crippen LogP contribution in [0.5, 0.6) is 5.75 Å². The molecule has 0 aliphatic carbocycles. The van der Waals surface area contributed by atoms with Crippen molar-refractivity contribution in [2.75, 3.05) is 7.11 Å². The fourth-order valence-corrected chi connectivity index (χ4v) is 3.96. The van der Waals surface area contributed by atoms with Gasteiger partial charge in [0.25, 0.3) is 5.56 Å². The maximum Gasteiger partial charge on any atom is 0.333 e. The van der Waals surface area contributed by atoms with Crippen molar-refractivity contribution in [2.24, 2.45) is 0 Å². The normalized spacial score (nSPS) is 10.9. The summed E-state index contributed by atoms with van der Waals surface area (Å²) in [6, 6.07) is 19.9. The van der Waals surface area contributed by atoms with Crippen LogP contribution >= 0.6 is 0 Å². The summed E-state index contributed by atoms with van der Waals surface area (Å²) in [4.78, 5) is 33.3. The van der Waals surface area contributed by atoms with Gasteiger partial charge in [-0.3, -0.25) is 9.78 Å². The van der Waals surface area contributed by atoms with E-state index < -0.39 is 11.2 Å². The van der Waals surface area contributed by atoms with E-state index in [9.17, 15) is 14.9 Å². The number of nitriles is 1. The lowest BCUT2D eigenvalue weighted by molar-refractivity contribution is 0.416. The summed E-state index contributed by atoms with van der Waals surface area (Å²) in [6.45, 7) is 0. The molecule has 5 rings (SSSR count). The second-order valence-electron chi connectivity index (χ2n) is 7.21. The minimum atomic E-state index is -0.571. The summed E-state index contributed by atoms with van der Waals surface area (Å²) >= 11 is 0. The molecule has 32 heavy (non-hydrogen) atoms. The standard InChI is InChI=1S/C25H16N4O3/c1-32-22-8-4-6-16(12-26)23(22)15-9-10-19-20(11-15)28-25(31)29(24(19)30)21-14-27-13-17-5-2-3-7-18(17)21/h2-11,13-14H,1H3,(H,28,31). The number of hydrogen-bond acceptors (Lipinski definition) is 5. The second kappa shape index (κ2) is 7.52. The van der Waals surface area contributed by atoms with Gasteiger partial charge in [-0.15, -0.1) is 0 Å². The van der Waals surface area contributed by atoms with Crippen molar-refractivity contribution < 1.29 is 4.74 Å². The number of pyridine rings is 1. The molecule has 0 aliphatic rings. The summed E-state index contributed by atoms with van der Waals surface area (Å²) < 4.78 is 6.52. The van der Waals surface area contributed by atoms with E-state index in [1.54, 1.807) is 42.6 Å². The molecule has 3 aromatic carbocycles. The van der Waals surface area contributed by atoms with Crippen molar-refractivity contribution in [3.63, 3.8) is 0 Å². The molecule has 0 atom stereocenters. The van der Waals surface area contributed by atoms with Crippen LogP contribution in [0.4, 0.5) is 0 Å². The summed E-state index contributed by atoms with van der Waals surface area (Å²) in [5, 5.41) is 11.4. The number of methoxy groups -OCH3 is 1. The fourth-order valence-electron chi connectivity index (χ4n) is 3.96. The van der Waals surface area contributed by atoms with Crippen LogP contribution in [-0.4, -0.2) is 21.6 Å². The molecule has 154 valence electrons. The maximum absolute atomic E-state index is 13.3. The van der Waals surface area contributed by atoms with E-state index in [0.29, 0.717) is 39.0 Å².